The Morgan fingerprint density at radius 3 is 2.29 bits per heavy atom. The molecule has 2 aromatic carbocycles. The first-order chi connectivity index (χ1) is 24.4. The number of fused-ring (bicyclic) bond motifs is 1. The van der Waals surface area contributed by atoms with E-state index < -0.39 is 71.3 Å². The number of ether oxygens (including phenoxy) is 1. The summed E-state index contributed by atoms with van der Waals surface area (Å²) in [5, 5.41) is 29.2. The molecule has 3 aliphatic rings. The van der Waals surface area contributed by atoms with Gasteiger partial charge in [-0.05, 0) is 60.3 Å². The van der Waals surface area contributed by atoms with E-state index >= 15 is 0 Å². The van der Waals surface area contributed by atoms with Gasteiger partial charge in [0.2, 0.25) is 23.6 Å². The first kappa shape index (κ1) is 37.7. The van der Waals surface area contributed by atoms with Crippen molar-refractivity contribution in [1.82, 2.24) is 20.9 Å². The average molecular weight is 707 g/mol. The number of nitrogens with one attached hydrogen (secondary N) is 3. The number of carbonyl (C=O) groups is 6. The summed E-state index contributed by atoms with van der Waals surface area (Å²) in [6, 6.07) is 10.9. The van der Waals surface area contributed by atoms with E-state index in [2.05, 4.69) is 16.0 Å². The third-order valence-electron chi connectivity index (χ3n) is 10.5. The minimum Gasteiger partial charge on any atom is -0.481 e. The highest BCUT2D eigenvalue weighted by Crippen LogP contribution is 2.36. The van der Waals surface area contributed by atoms with Gasteiger partial charge in [0.25, 0.3) is 0 Å². The van der Waals surface area contributed by atoms with Crippen molar-refractivity contribution in [2.24, 2.45) is 11.8 Å². The van der Waals surface area contributed by atoms with E-state index in [1.165, 1.54) is 4.90 Å². The molecule has 5 N–H and O–H groups in total. The average Bonchev–Trinajstić information content (AvgIpc) is 3.77. The Bertz CT molecular complexity index is 1610. The molecule has 3 fully saturated rings. The lowest BCUT2D eigenvalue weighted by Crippen LogP contribution is -2.60. The summed E-state index contributed by atoms with van der Waals surface area (Å²) >= 11 is 0. The van der Waals surface area contributed by atoms with Gasteiger partial charge in [0, 0.05) is 25.8 Å². The normalized spacial score (nSPS) is 21.1. The number of hydrogen-bond donors (Lipinski definition) is 5. The molecule has 1 heterocycles. The monoisotopic (exact) mass is 706 g/mol. The van der Waals surface area contributed by atoms with Crippen LogP contribution >= 0.6 is 0 Å². The lowest BCUT2D eigenvalue weighted by Gasteiger charge is -2.34. The van der Waals surface area contributed by atoms with E-state index in [1.54, 1.807) is 13.8 Å². The second-order valence-corrected chi connectivity index (χ2v) is 14.6. The fraction of sp³-hybridized carbons (Fsp3) is 0.579. The Kier molecular flexibility index (Phi) is 12.3. The molecule has 1 saturated heterocycles. The van der Waals surface area contributed by atoms with Crippen LogP contribution in [0.4, 0.5) is 0 Å². The molecule has 1 aliphatic heterocycles. The number of benzene rings is 2. The third-order valence-corrected chi connectivity index (χ3v) is 10.5. The van der Waals surface area contributed by atoms with E-state index in [1.807, 2.05) is 42.5 Å². The van der Waals surface area contributed by atoms with Gasteiger partial charge in [-0.2, -0.15) is 0 Å². The molecule has 0 radical (unpaired) electrons. The summed E-state index contributed by atoms with van der Waals surface area (Å²) in [5.74, 6) is -4.68. The Morgan fingerprint density at radius 2 is 1.63 bits per heavy atom. The minimum atomic E-state index is -1.35. The maximum atomic E-state index is 14.4. The van der Waals surface area contributed by atoms with Gasteiger partial charge in [0.1, 0.15) is 23.7 Å². The second-order valence-electron chi connectivity index (χ2n) is 14.6. The molecule has 51 heavy (non-hydrogen) atoms. The number of nitrogens with zero attached hydrogens (tertiary/aromatic N) is 1. The molecule has 2 saturated carbocycles. The topological polar surface area (TPSA) is 191 Å². The van der Waals surface area contributed by atoms with Crippen molar-refractivity contribution in [2.45, 2.75) is 121 Å². The number of carboxylic acid groups (broad SMARTS) is 2. The summed E-state index contributed by atoms with van der Waals surface area (Å²) in [4.78, 5) is 79.2. The largest absolute Gasteiger partial charge is 0.481 e. The zero-order valence-corrected chi connectivity index (χ0v) is 29.4. The molecule has 5 rings (SSSR count). The summed E-state index contributed by atoms with van der Waals surface area (Å²) in [5.41, 5.74) is -0.400. The SMILES string of the molecule is CC(C)[C@H](NC(=O)[C@@H](NC(=O)CCCC(=O)O)C1CCCCC1)C(=O)N1C[C@H](OCc2cccc3ccccc23)C[C@H]1C(=O)NC1(C(=O)O)CC1. The fourth-order valence-corrected chi connectivity index (χ4v) is 7.32. The van der Waals surface area contributed by atoms with Crippen LogP contribution in [-0.4, -0.2) is 87.0 Å². The minimum absolute atomic E-state index is 0.0437. The van der Waals surface area contributed by atoms with Crippen LogP contribution in [0.5, 0.6) is 0 Å². The lowest BCUT2D eigenvalue weighted by atomic mass is 9.83. The Hall–Kier alpha value is -4.52. The Balaban J connectivity index is 1.33. The third kappa shape index (κ3) is 9.43. The maximum Gasteiger partial charge on any atom is 0.329 e. The van der Waals surface area contributed by atoms with Gasteiger partial charge >= 0.3 is 11.9 Å². The van der Waals surface area contributed by atoms with Crippen molar-refractivity contribution < 1.29 is 43.7 Å². The highest BCUT2D eigenvalue weighted by atomic mass is 16.5. The van der Waals surface area contributed by atoms with E-state index in [-0.39, 0.29) is 44.8 Å². The first-order valence-electron chi connectivity index (χ1n) is 18.1. The van der Waals surface area contributed by atoms with Gasteiger partial charge in [0.15, 0.2) is 0 Å². The molecule has 0 spiro atoms. The molecule has 0 unspecified atom stereocenters. The van der Waals surface area contributed by atoms with Gasteiger partial charge < -0.3 is 35.8 Å². The number of rotatable bonds is 16. The fourth-order valence-electron chi connectivity index (χ4n) is 7.32. The number of hydrogen-bond acceptors (Lipinski definition) is 7. The zero-order valence-electron chi connectivity index (χ0n) is 29.4. The summed E-state index contributed by atoms with van der Waals surface area (Å²) < 4.78 is 6.32. The smallest absolute Gasteiger partial charge is 0.329 e. The first-order valence-corrected chi connectivity index (χ1v) is 18.1. The second kappa shape index (κ2) is 16.7. The van der Waals surface area contributed by atoms with E-state index in [0.717, 1.165) is 48.4 Å². The quantitative estimate of drug-likeness (QED) is 0.174. The molecule has 0 bridgehead atoms. The van der Waals surface area contributed by atoms with Gasteiger partial charge in [0.05, 0.1) is 12.7 Å². The predicted molar refractivity (Wildman–Crippen MR) is 187 cm³/mol. The summed E-state index contributed by atoms with van der Waals surface area (Å²) in [6.45, 7) is 3.87. The molecule has 0 aromatic heterocycles. The van der Waals surface area contributed by atoms with Gasteiger partial charge in [-0.3, -0.25) is 24.0 Å². The summed E-state index contributed by atoms with van der Waals surface area (Å²) in [7, 11) is 0. The predicted octanol–water partition coefficient (Wildman–Crippen LogP) is 3.52. The molecular weight excluding hydrogens is 656 g/mol. The number of carbonyl (C=O) groups excluding carboxylic acids is 4. The summed E-state index contributed by atoms with van der Waals surface area (Å²) in [6.07, 6.45) is 4.41. The Morgan fingerprint density at radius 1 is 0.922 bits per heavy atom. The van der Waals surface area contributed by atoms with Crippen LogP contribution in [-0.2, 0) is 40.1 Å². The van der Waals surface area contributed by atoms with E-state index in [0.29, 0.717) is 12.8 Å². The standard InChI is InChI=1S/C38H50N4O9/c1-23(2)32(40-35(47)33(25-11-4-3-5-12-25)39-30(43)16-9-17-31(44)45)36(48)42-21-27(20-29(42)34(46)41-38(18-19-38)37(49)50)51-22-26-14-8-13-24-10-6-7-15-28(24)26/h6-8,10,13-15,23,25,27,29,32-33H,3-5,9,11-12,16-22H2,1-2H3,(H,39,43)(H,40,47)(H,41,46)(H,44,45)(H,49,50)/t27-,29+,32+,33+/m1/s1. The highest BCUT2D eigenvalue weighted by molar-refractivity contribution is 5.97. The van der Waals surface area contributed by atoms with Crippen molar-refractivity contribution >= 4 is 46.3 Å². The van der Waals surface area contributed by atoms with Crippen LogP contribution in [0.15, 0.2) is 42.5 Å². The zero-order chi connectivity index (χ0) is 36.7. The van der Waals surface area contributed by atoms with Gasteiger partial charge in [-0.25, -0.2) is 4.79 Å². The molecule has 4 amide bonds. The van der Waals surface area contributed by atoms with Gasteiger partial charge in [-0.15, -0.1) is 0 Å². The molecule has 2 aliphatic carbocycles. The van der Waals surface area contributed by atoms with Gasteiger partial charge in [-0.1, -0.05) is 75.6 Å². The molecule has 2 aromatic rings. The van der Waals surface area contributed by atoms with Crippen LogP contribution in [0.3, 0.4) is 0 Å². The Labute approximate surface area is 297 Å². The lowest BCUT2D eigenvalue weighted by molar-refractivity contribution is -0.146. The molecular formula is C38H50N4O9. The van der Waals surface area contributed by atoms with Crippen molar-refractivity contribution in [2.75, 3.05) is 6.54 Å². The number of carboxylic acids is 2. The van der Waals surface area contributed by atoms with E-state index in [9.17, 15) is 33.9 Å². The van der Waals surface area contributed by atoms with Crippen molar-refractivity contribution in [3.63, 3.8) is 0 Å². The van der Waals surface area contributed by atoms with Crippen LogP contribution in [0, 0.1) is 11.8 Å². The van der Waals surface area contributed by atoms with Crippen LogP contribution < -0.4 is 16.0 Å². The molecule has 13 nitrogen and oxygen atoms in total. The number of amides is 4. The van der Waals surface area contributed by atoms with Crippen molar-refractivity contribution in [1.29, 1.82) is 0 Å². The molecule has 13 heteroatoms. The van der Waals surface area contributed by atoms with Crippen molar-refractivity contribution in [3.05, 3.63) is 48.0 Å². The molecule has 4 atom stereocenters. The highest BCUT2D eigenvalue weighted by Gasteiger charge is 2.54. The van der Waals surface area contributed by atoms with Crippen LogP contribution in [0.25, 0.3) is 10.8 Å². The molecule has 276 valence electrons. The maximum absolute atomic E-state index is 14.4. The number of likely N-dealkylation sites (tertiary alicyclic amines) is 1. The van der Waals surface area contributed by atoms with Crippen LogP contribution in [0.1, 0.15) is 90.0 Å². The van der Waals surface area contributed by atoms with Crippen LogP contribution in [0.2, 0.25) is 0 Å². The number of aliphatic carboxylic acids is 2. The van der Waals surface area contributed by atoms with Crippen molar-refractivity contribution in [3.8, 4) is 0 Å². The van der Waals surface area contributed by atoms with E-state index in [4.69, 9.17) is 9.84 Å².